The van der Waals surface area contributed by atoms with Crippen LogP contribution in [0, 0.1) is 0 Å². The first-order valence-electron chi connectivity index (χ1n) is 9.63. The van der Waals surface area contributed by atoms with E-state index in [4.69, 9.17) is 18.9 Å². The van der Waals surface area contributed by atoms with Crippen LogP contribution in [0.3, 0.4) is 0 Å². The molecule has 1 fully saturated rings. The summed E-state index contributed by atoms with van der Waals surface area (Å²) in [5.74, 6) is 1.52. The van der Waals surface area contributed by atoms with Crippen molar-refractivity contribution in [2.45, 2.75) is 18.8 Å². The van der Waals surface area contributed by atoms with Crippen molar-refractivity contribution in [3.63, 3.8) is 0 Å². The van der Waals surface area contributed by atoms with E-state index in [0.29, 0.717) is 33.0 Å². The molecule has 28 heavy (non-hydrogen) atoms. The molecule has 1 heterocycles. The van der Waals surface area contributed by atoms with Gasteiger partial charge >= 0.3 is 0 Å². The molecule has 1 N–H and O–H groups in total. The summed E-state index contributed by atoms with van der Waals surface area (Å²) in [7, 11) is 1.64. The zero-order valence-electron chi connectivity index (χ0n) is 16.3. The molecule has 152 valence electrons. The smallest absolute Gasteiger partial charge is 0.123 e. The van der Waals surface area contributed by atoms with E-state index < -0.39 is 6.10 Å². The van der Waals surface area contributed by atoms with E-state index in [1.54, 1.807) is 7.11 Å². The predicted molar refractivity (Wildman–Crippen MR) is 107 cm³/mol. The molecule has 0 bridgehead atoms. The van der Waals surface area contributed by atoms with Crippen molar-refractivity contribution in [3.05, 3.63) is 60.2 Å². The zero-order chi connectivity index (χ0) is 19.6. The number of methoxy groups -OCH3 is 1. The minimum absolute atomic E-state index is 0.0302. The number of morpholine rings is 1. The minimum Gasteiger partial charge on any atom is -0.497 e. The van der Waals surface area contributed by atoms with Crippen molar-refractivity contribution in [2.24, 2.45) is 0 Å². The van der Waals surface area contributed by atoms with E-state index in [-0.39, 0.29) is 6.10 Å². The highest BCUT2D eigenvalue weighted by atomic mass is 16.5. The minimum atomic E-state index is -0.526. The van der Waals surface area contributed by atoms with Gasteiger partial charge in [0.15, 0.2) is 0 Å². The van der Waals surface area contributed by atoms with Crippen LogP contribution in [0.1, 0.15) is 5.56 Å². The van der Waals surface area contributed by atoms with Crippen molar-refractivity contribution in [2.75, 3.05) is 46.6 Å². The highest BCUT2D eigenvalue weighted by molar-refractivity contribution is 5.32. The summed E-state index contributed by atoms with van der Waals surface area (Å²) in [5.41, 5.74) is 1.11. The molecule has 2 atom stereocenters. The van der Waals surface area contributed by atoms with E-state index in [0.717, 1.165) is 30.2 Å². The van der Waals surface area contributed by atoms with Gasteiger partial charge in [0.1, 0.15) is 24.2 Å². The fourth-order valence-corrected chi connectivity index (χ4v) is 3.17. The largest absolute Gasteiger partial charge is 0.497 e. The molecule has 1 saturated heterocycles. The lowest BCUT2D eigenvalue weighted by molar-refractivity contribution is -0.0654. The van der Waals surface area contributed by atoms with Gasteiger partial charge in [0.2, 0.25) is 0 Å². The van der Waals surface area contributed by atoms with Crippen LogP contribution in [0.4, 0.5) is 0 Å². The van der Waals surface area contributed by atoms with Crippen molar-refractivity contribution < 1.29 is 24.1 Å². The summed E-state index contributed by atoms with van der Waals surface area (Å²) in [6.45, 7) is 4.00. The number of ether oxygens (including phenoxy) is 4. The lowest BCUT2D eigenvalue weighted by Crippen LogP contribution is -2.48. The van der Waals surface area contributed by atoms with E-state index in [1.807, 2.05) is 54.6 Å². The third-order valence-electron chi connectivity index (χ3n) is 4.59. The number of nitrogens with zero attached hydrogens (tertiary/aromatic N) is 1. The Morgan fingerprint density at radius 2 is 1.96 bits per heavy atom. The average molecular weight is 387 g/mol. The van der Waals surface area contributed by atoms with E-state index in [2.05, 4.69) is 4.90 Å². The van der Waals surface area contributed by atoms with Crippen LogP contribution in [0.25, 0.3) is 0 Å². The number of hydrogen-bond donors (Lipinski definition) is 1. The van der Waals surface area contributed by atoms with E-state index in [9.17, 15) is 5.11 Å². The van der Waals surface area contributed by atoms with Gasteiger partial charge in [-0.2, -0.15) is 0 Å². The Balaban J connectivity index is 1.36. The second kappa shape index (κ2) is 11.0. The molecule has 0 radical (unpaired) electrons. The molecule has 0 saturated carbocycles. The Morgan fingerprint density at radius 3 is 2.79 bits per heavy atom. The highest BCUT2D eigenvalue weighted by Crippen LogP contribution is 2.19. The van der Waals surface area contributed by atoms with Crippen molar-refractivity contribution in [1.82, 2.24) is 4.90 Å². The molecule has 0 amide bonds. The van der Waals surface area contributed by atoms with Crippen molar-refractivity contribution in [3.8, 4) is 11.5 Å². The normalized spacial score (nSPS) is 18.6. The predicted octanol–water partition coefficient (Wildman–Crippen LogP) is 2.35. The molecular formula is C22H29NO5. The molecule has 0 spiro atoms. The summed E-state index contributed by atoms with van der Waals surface area (Å²) >= 11 is 0. The fourth-order valence-electron chi connectivity index (χ4n) is 3.17. The Kier molecular flexibility index (Phi) is 8.11. The Labute approximate surface area is 166 Å². The second-order valence-corrected chi connectivity index (χ2v) is 6.90. The van der Waals surface area contributed by atoms with Gasteiger partial charge in [0.05, 0.1) is 33.0 Å². The topological polar surface area (TPSA) is 60.4 Å². The molecule has 2 aromatic rings. The van der Waals surface area contributed by atoms with Crippen LogP contribution in [0.15, 0.2) is 54.6 Å². The molecule has 0 aromatic heterocycles. The number of benzene rings is 2. The number of aliphatic hydroxyl groups is 1. The van der Waals surface area contributed by atoms with Gasteiger partial charge in [-0.05, 0) is 17.7 Å². The summed E-state index contributed by atoms with van der Waals surface area (Å²) in [6, 6.07) is 17.5. The van der Waals surface area contributed by atoms with Gasteiger partial charge in [-0.15, -0.1) is 0 Å². The lowest BCUT2D eigenvalue weighted by atomic mass is 10.2. The molecule has 1 aliphatic heterocycles. The van der Waals surface area contributed by atoms with Crippen LogP contribution >= 0.6 is 0 Å². The van der Waals surface area contributed by atoms with Crippen molar-refractivity contribution in [1.29, 1.82) is 0 Å². The average Bonchev–Trinajstić information content (AvgIpc) is 2.73. The van der Waals surface area contributed by atoms with Gasteiger partial charge in [-0.25, -0.2) is 0 Å². The zero-order valence-corrected chi connectivity index (χ0v) is 16.3. The monoisotopic (exact) mass is 387 g/mol. The van der Waals surface area contributed by atoms with Crippen LogP contribution in [0.2, 0.25) is 0 Å². The van der Waals surface area contributed by atoms with Crippen LogP contribution < -0.4 is 9.47 Å². The number of aliphatic hydroxyl groups excluding tert-OH is 1. The summed E-state index contributed by atoms with van der Waals surface area (Å²) in [4.78, 5) is 2.19. The SMILES string of the molecule is COc1cccc(OC[C@H]2CN(C[C@H](O)COCc3ccccc3)CCO2)c1. The first-order chi connectivity index (χ1) is 13.7. The molecule has 2 aromatic carbocycles. The Bertz CT molecular complexity index is 696. The molecule has 1 aliphatic rings. The van der Waals surface area contributed by atoms with Gasteiger partial charge < -0.3 is 24.1 Å². The maximum Gasteiger partial charge on any atom is 0.123 e. The molecule has 6 heteroatoms. The first-order valence-corrected chi connectivity index (χ1v) is 9.63. The van der Waals surface area contributed by atoms with Crippen molar-refractivity contribution >= 4 is 0 Å². The second-order valence-electron chi connectivity index (χ2n) is 6.90. The summed E-state index contributed by atoms with van der Waals surface area (Å²) in [5, 5.41) is 10.3. The molecular weight excluding hydrogens is 358 g/mol. The quantitative estimate of drug-likeness (QED) is 0.675. The molecule has 6 nitrogen and oxygen atoms in total. The summed E-state index contributed by atoms with van der Waals surface area (Å²) < 4.78 is 22.5. The third-order valence-corrected chi connectivity index (χ3v) is 4.59. The Morgan fingerprint density at radius 1 is 1.14 bits per heavy atom. The number of rotatable bonds is 10. The van der Waals surface area contributed by atoms with Gasteiger partial charge in [0.25, 0.3) is 0 Å². The van der Waals surface area contributed by atoms with Gasteiger partial charge in [0, 0.05) is 25.7 Å². The van der Waals surface area contributed by atoms with Gasteiger partial charge in [-0.1, -0.05) is 36.4 Å². The van der Waals surface area contributed by atoms with Gasteiger partial charge in [-0.3, -0.25) is 4.90 Å². The van der Waals surface area contributed by atoms with E-state index >= 15 is 0 Å². The number of β-amino-alcohol motifs (C(OH)–C–C–N with tert-alkyl or cyclic N) is 1. The van der Waals surface area contributed by atoms with Crippen LogP contribution in [-0.4, -0.2) is 68.8 Å². The number of hydrogen-bond acceptors (Lipinski definition) is 6. The first kappa shape index (κ1) is 20.6. The Hall–Kier alpha value is -2.12. The standard InChI is InChI=1S/C22H29NO5/c1-25-20-8-5-9-21(12-20)28-17-22-14-23(10-11-27-22)13-19(24)16-26-15-18-6-3-2-4-7-18/h2-9,12,19,22,24H,10-11,13-17H2,1H3/t19-,22+/m0/s1. The maximum atomic E-state index is 10.3. The maximum absolute atomic E-state index is 10.3. The summed E-state index contributed by atoms with van der Waals surface area (Å²) in [6.07, 6.45) is -0.556. The highest BCUT2D eigenvalue weighted by Gasteiger charge is 2.23. The third kappa shape index (κ3) is 6.80. The molecule has 0 unspecified atom stereocenters. The van der Waals surface area contributed by atoms with Crippen LogP contribution in [0.5, 0.6) is 11.5 Å². The van der Waals surface area contributed by atoms with Crippen LogP contribution in [-0.2, 0) is 16.1 Å². The molecule has 0 aliphatic carbocycles. The fraction of sp³-hybridized carbons (Fsp3) is 0.455. The molecule has 3 rings (SSSR count). The lowest BCUT2D eigenvalue weighted by Gasteiger charge is -2.33. The van der Waals surface area contributed by atoms with E-state index in [1.165, 1.54) is 0 Å².